The molecule has 0 radical (unpaired) electrons. The number of benzene rings is 1. The highest BCUT2D eigenvalue weighted by molar-refractivity contribution is 5.89. The summed E-state index contributed by atoms with van der Waals surface area (Å²) in [5, 5.41) is 12.0. The van der Waals surface area contributed by atoms with Gasteiger partial charge in [-0.1, -0.05) is 6.07 Å². The second kappa shape index (κ2) is 11.1. The van der Waals surface area contributed by atoms with Gasteiger partial charge in [0.1, 0.15) is 5.75 Å². The quantitative estimate of drug-likeness (QED) is 0.672. The number of aromatic nitrogens is 2. The summed E-state index contributed by atoms with van der Waals surface area (Å²) in [5.74, 6) is 2.51. The van der Waals surface area contributed by atoms with Gasteiger partial charge in [0.25, 0.3) is 0 Å². The van der Waals surface area contributed by atoms with Gasteiger partial charge in [-0.25, -0.2) is 4.79 Å². The molecule has 2 amide bonds. The van der Waals surface area contributed by atoms with Gasteiger partial charge in [-0.2, -0.15) is 0 Å². The summed E-state index contributed by atoms with van der Waals surface area (Å²) in [4.78, 5) is 21.5. The van der Waals surface area contributed by atoms with Crippen molar-refractivity contribution in [3.8, 4) is 5.75 Å². The Bertz CT molecular complexity index is 967. The monoisotopic (exact) mass is 481 g/mol. The van der Waals surface area contributed by atoms with Crippen molar-refractivity contribution >= 4 is 23.4 Å². The SMILES string of the molecule is COc1cccc(NC(=O)N2CCN(c3ccc(N4CCN(CC5CCCO5)CC4)nn3)CC2)c1. The highest BCUT2D eigenvalue weighted by Crippen LogP contribution is 2.21. The Balaban J connectivity index is 1.08. The predicted molar refractivity (Wildman–Crippen MR) is 135 cm³/mol. The Morgan fingerprint density at radius 3 is 2.29 bits per heavy atom. The van der Waals surface area contributed by atoms with Crippen molar-refractivity contribution in [3.05, 3.63) is 36.4 Å². The van der Waals surface area contributed by atoms with E-state index in [9.17, 15) is 4.79 Å². The summed E-state index contributed by atoms with van der Waals surface area (Å²) in [6, 6.07) is 11.4. The summed E-state index contributed by atoms with van der Waals surface area (Å²) in [6.45, 7) is 8.65. The van der Waals surface area contributed by atoms with Crippen molar-refractivity contribution in [2.45, 2.75) is 18.9 Å². The lowest BCUT2D eigenvalue weighted by Gasteiger charge is -2.37. The standard InChI is InChI=1S/C25H35N7O3/c1-34-21-5-2-4-20(18-21)26-25(33)32-15-13-31(14-16-32)24-8-7-23(27-28-24)30-11-9-29(10-12-30)19-22-6-3-17-35-22/h2,4-5,7-8,18,22H,3,6,9-17,19H2,1H3,(H,26,33). The van der Waals surface area contributed by atoms with Crippen molar-refractivity contribution in [3.63, 3.8) is 0 Å². The van der Waals surface area contributed by atoms with Gasteiger partial charge in [0, 0.05) is 77.3 Å². The molecular formula is C25H35N7O3. The average Bonchev–Trinajstić information content (AvgIpc) is 3.42. The van der Waals surface area contributed by atoms with Crippen LogP contribution in [0.2, 0.25) is 0 Å². The molecule has 1 aromatic carbocycles. The molecule has 1 aromatic heterocycles. The van der Waals surface area contributed by atoms with E-state index in [0.717, 1.165) is 75.5 Å². The lowest BCUT2D eigenvalue weighted by molar-refractivity contribution is 0.0712. The fourth-order valence-corrected chi connectivity index (χ4v) is 4.93. The largest absolute Gasteiger partial charge is 0.497 e. The molecule has 35 heavy (non-hydrogen) atoms. The highest BCUT2D eigenvalue weighted by atomic mass is 16.5. The molecule has 5 rings (SSSR count). The van der Waals surface area contributed by atoms with E-state index in [4.69, 9.17) is 9.47 Å². The van der Waals surface area contributed by atoms with Crippen molar-refractivity contribution in [2.75, 3.05) is 87.7 Å². The summed E-state index contributed by atoms with van der Waals surface area (Å²) < 4.78 is 11.0. The van der Waals surface area contributed by atoms with Gasteiger partial charge in [0.2, 0.25) is 0 Å². The molecule has 0 spiro atoms. The van der Waals surface area contributed by atoms with E-state index in [-0.39, 0.29) is 6.03 Å². The first-order valence-corrected chi connectivity index (χ1v) is 12.6. The van der Waals surface area contributed by atoms with Gasteiger partial charge < -0.3 is 29.5 Å². The molecule has 1 atom stereocenters. The fourth-order valence-electron chi connectivity index (χ4n) is 4.93. The minimum absolute atomic E-state index is 0.0991. The third-order valence-electron chi connectivity index (χ3n) is 7.03. The maximum absolute atomic E-state index is 12.7. The first kappa shape index (κ1) is 23.6. The Kier molecular flexibility index (Phi) is 7.48. The maximum atomic E-state index is 12.7. The zero-order valence-electron chi connectivity index (χ0n) is 20.4. The van der Waals surface area contributed by atoms with Crippen molar-refractivity contribution in [1.82, 2.24) is 20.0 Å². The van der Waals surface area contributed by atoms with Gasteiger partial charge in [-0.15, -0.1) is 10.2 Å². The van der Waals surface area contributed by atoms with Gasteiger partial charge in [0.05, 0.1) is 13.2 Å². The zero-order chi connectivity index (χ0) is 24.0. The van der Waals surface area contributed by atoms with E-state index < -0.39 is 0 Å². The number of carbonyl (C=O) groups is 1. The maximum Gasteiger partial charge on any atom is 0.321 e. The first-order valence-electron chi connectivity index (χ1n) is 12.6. The van der Waals surface area contributed by atoms with Crippen LogP contribution >= 0.6 is 0 Å². The number of methoxy groups -OCH3 is 1. The molecule has 4 heterocycles. The highest BCUT2D eigenvalue weighted by Gasteiger charge is 2.25. The molecule has 3 aliphatic heterocycles. The Hall–Kier alpha value is -3.11. The second-order valence-corrected chi connectivity index (χ2v) is 9.31. The van der Waals surface area contributed by atoms with E-state index in [1.165, 1.54) is 12.8 Å². The molecule has 1 N–H and O–H groups in total. The number of ether oxygens (including phenoxy) is 2. The molecule has 0 bridgehead atoms. The number of hydrogen-bond donors (Lipinski definition) is 1. The van der Waals surface area contributed by atoms with Crippen LogP contribution in [0.5, 0.6) is 5.75 Å². The van der Waals surface area contributed by atoms with E-state index in [1.54, 1.807) is 7.11 Å². The van der Waals surface area contributed by atoms with Crippen LogP contribution in [0.25, 0.3) is 0 Å². The van der Waals surface area contributed by atoms with Crippen molar-refractivity contribution in [2.24, 2.45) is 0 Å². The number of carbonyl (C=O) groups excluding carboxylic acids is 1. The molecule has 0 saturated carbocycles. The normalized spacial score (nSPS) is 21.3. The van der Waals surface area contributed by atoms with E-state index in [1.807, 2.05) is 35.2 Å². The smallest absolute Gasteiger partial charge is 0.321 e. The lowest BCUT2D eigenvalue weighted by atomic mass is 10.2. The number of amides is 2. The zero-order valence-corrected chi connectivity index (χ0v) is 20.4. The Labute approximate surface area is 206 Å². The lowest BCUT2D eigenvalue weighted by Crippen LogP contribution is -2.50. The van der Waals surface area contributed by atoms with Gasteiger partial charge in [0.15, 0.2) is 11.6 Å². The number of hydrogen-bond acceptors (Lipinski definition) is 8. The summed E-state index contributed by atoms with van der Waals surface area (Å²) in [7, 11) is 1.61. The number of nitrogens with one attached hydrogen (secondary N) is 1. The van der Waals surface area contributed by atoms with E-state index >= 15 is 0 Å². The van der Waals surface area contributed by atoms with Crippen LogP contribution in [0.15, 0.2) is 36.4 Å². The number of rotatable bonds is 6. The molecule has 3 saturated heterocycles. The Morgan fingerprint density at radius 2 is 1.69 bits per heavy atom. The third kappa shape index (κ3) is 5.94. The first-order chi connectivity index (χ1) is 17.2. The summed E-state index contributed by atoms with van der Waals surface area (Å²) in [5.41, 5.74) is 0.728. The minimum atomic E-state index is -0.0991. The van der Waals surface area contributed by atoms with Crippen LogP contribution < -0.4 is 19.9 Å². The fraction of sp³-hybridized carbons (Fsp3) is 0.560. The number of anilines is 3. The summed E-state index contributed by atoms with van der Waals surface area (Å²) in [6.07, 6.45) is 2.79. The van der Waals surface area contributed by atoms with Crippen molar-refractivity contribution < 1.29 is 14.3 Å². The van der Waals surface area contributed by atoms with Crippen LogP contribution in [0.4, 0.5) is 22.1 Å². The van der Waals surface area contributed by atoms with Gasteiger partial charge in [-0.3, -0.25) is 4.90 Å². The molecule has 2 aromatic rings. The molecule has 188 valence electrons. The number of piperazine rings is 2. The minimum Gasteiger partial charge on any atom is -0.497 e. The van der Waals surface area contributed by atoms with Crippen LogP contribution in [0.3, 0.4) is 0 Å². The number of nitrogens with zero attached hydrogens (tertiary/aromatic N) is 6. The Morgan fingerprint density at radius 1 is 1.00 bits per heavy atom. The van der Waals surface area contributed by atoms with Crippen LogP contribution in [-0.4, -0.2) is 105 Å². The molecule has 10 nitrogen and oxygen atoms in total. The molecule has 1 unspecified atom stereocenters. The third-order valence-corrected chi connectivity index (χ3v) is 7.03. The van der Waals surface area contributed by atoms with Crippen LogP contribution in [-0.2, 0) is 4.74 Å². The second-order valence-electron chi connectivity index (χ2n) is 9.31. The van der Waals surface area contributed by atoms with Gasteiger partial charge in [-0.05, 0) is 37.1 Å². The van der Waals surface area contributed by atoms with Gasteiger partial charge >= 0.3 is 6.03 Å². The molecule has 10 heteroatoms. The van der Waals surface area contributed by atoms with Crippen molar-refractivity contribution in [1.29, 1.82) is 0 Å². The number of urea groups is 1. The van der Waals surface area contributed by atoms with E-state index in [2.05, 4.69) is 36.3 Å². The predicted octanol–water partition coefficient (Wildman–Crippen LogP) is 2.14. The molecule has 3 aliphatic rings. The molecule has 3 fully saturated rings. The van der Waals surface area contributed by atoms with E-state index in [0.29, 0.717) is 19.2 Å². The topological polar surface area (TPSA) is 86.3 Å². The van der Waals surface area contributed by atoms with Crippen LogP contribution in [0.1, 0.15) is 12.8 Å². The molecule has 0 aliphatic carbocycles. The average molecular weight is 482 g/mol. The summed E-state index contributed by atoms with van der Waals surface area (Å²) >= 11 is 0. The van der Waals surface area contributed by atoms with Crippen LogP contribution in [0, 0.1) is 0 Å². The molecular weight excluding hydrogens is 446 g/mol.